The number of carbonyl (C=O) groups is 2. The first-order valence-corrected chi connectivity index (χ1v) is 9.09. The zero-order valence-electron chi connectivity index (χ0n) is 14.6. The van der Waals surface area contributed by atoms with Gasteiger partial charge in [0.2, 0.25) is 5.91 Å². The van der Waals surface area contributed by atoms with Gasteiger partial charge in [0.1, 0.15) is 6.54 Å². The predicted molar refractivity (Wildman–Crippen MR) is 97.2 cm³/mol. The van der Waals surface area contributed by atoms with Crippen molar-refractivity contribution in [2.24, 2.45) is 0 Å². The standard InChI is InChI=1S/C19H23N3O4/c23-16(20-13-8-4-2-1-3-5-9-13)12-22-18(24)15-11-7-6-10-14(15)17(21-22)19(25)26/h6-7,10-11,13H,1-5,8-9,12H2,(H,20,23)(H,25,26). The molecule has 1 aliphatic carbocycles. The lowest BCUT2D eigenvalue weighted by atomic mass is 9.97. The molecule has 0 spiro atoms. The number of rotatable bonds is 4. The molecule has 0 saturated heterocycles. The number of hydrogen-bond donors (Lipinski definition) is 2. The van der Waals surface area contributed by atoms with Gasteiger partial charge in [-0.2, -0.15) is 5.10 Å². The molecule has 1 aromatic carbocycles. The number of aromatic carboxylic acids is 1. The van der Waals surface area contributed by atoms with Crippen LogP contribution in [0.4, 0.5) is 0 Å². The number of amides is 1. The summed E-state index contributed by atoms with van der Waals surface area (Å²) in [5, 5.41) is 16.8. The summed E-state index contributed by atoms with van der Waals surface area (Å²) in [6.45, 7) is -0.277. The van der Waals surface area contributed by atoms with Crippen molar-refractivity contribution in [3.63, 3.8) is 0 Å². The van der Waals surface area contributed by atoms with E-state index in [9.17, 15) is 19.5 Å². The first-order chi connectivity index (χ1) is 12.6. The molecule has 1 aromatic heterocycles. The third kappa shape index (κ3) is 4.09. The van der Waals surface area contributed by atoms with E-state index in [1.807, 2.05) is 0 Å². The highest BCUT2D eigenvalue weighted by molar-refractivity contribution is 6.01. The van der Waals surface area contributed by atoms with Crippen LogP contribution in [-0.2, 0) is 11.3 Å². The number of nitrogens with zero attached hydrogens (tertiary/aromatic N) is 2. The number of carboxylic acids is 1. The van der Waals surface area contributed by atoms with Gasteiger partial charge in [0.05, 0.1) is 5.39 Å². The topological polar surface area (TPSA) is 101 Å². The van der Waals surface area contributed by atoms with Crippen LogP contribution in [0.5, 0.6) is 0 Å². The average molecular weight is 357 g/mol. The third-order valence-electron chi connectivity index (χ3n) is 4.83. The lowest BCUT2D eigenvalue weighted by Gasteiger charge is -2.21. The fraction of sp³-hybridized carbons (Fsp3) is 0.474. The highest BCUT2D eigenvalue weighted by Crippen LogP contribution is 2.17. The van der Waals surface area contributed by atoms with E-state index in [2.05, 4.69) is 10.4 Å². The van der Waals surface area contributed by atoms with E-state index in [0.717, 1.165) is 30.4 Å². The highest BCUT2D eigenvalue weighted by Gasteiger charge is 2.19. The van der Waals surface area contributed by atoms with E-state index in [0.29, 0.717) is 0 Å². The summed E-state index contributed by atoms with van der Waals surface area (Å²) < 4.78 is 0.948. The molecule has 1 heterocycles. The Hall–Kier alpha value is -2.70. The number of aromatic nitrogens is 2. The van der Waals surface area contributed by atoms with E-state index in [4.69, 9.17) is 0 Å². The zero-order valence-corrected chi connectivity index (χ0v) is 14.6. The molecule has 7 nitrogen and oxygen atoms in total. The minimum absolute atomic E-state index is 0.109. The lowest BCUT2D eigenvalue weighted by Crippen LogP contribution is -2.40. The minimum Gasteiger partial charge on any atom is -0.476 e. The van der Waals surface area contributed by atoms with Crippen molar-refractivity contribution < 1.29 is 14.7 Å². The second-order valence-electron chi connectivity index (χ2n) is 6.77. The number of nitrogens with one attached hydrogen (secondary N) is 1. The van der Waals surface area contributed by atoms with Crippen LogP contribution in [0.15, 0.2) is 29.1 Å². The van der Waals surface area contributed by atoms with Crippen molar-refractivity contribution in [3.8, 4) is 0 Å². The van der Waals surface area contributed by atoms with Crippen LogP contribution in [0.25, 0.3) is 10.8 Å². The SMILES string of the molecule is O=C(Cn1nc(C(=O)O)c2ccccc2c1=O)NC1CCCCCCC1. The van der Waals surface area contributed by atoms with Crippen molar-refractivity contribution in [1.82, 2.24) is 15.1 Å². The molecule has 138 valence electrons. The van der Waals surface area contributed by atoms with E-state index < -0.39 is 11.5 Å². The normalized spacial score (nSPS) is 16.0. The van der Waals surface area contributed by atoms with Crippen molar-refractivity contribution in [1.29, 1.82) is 0 Å². The van der Waals surface area contributed by atoms with Gasteiger partial charge in [-0.15, -0.1) is 0 Å². The Morgan fingerprint density at radius 1 is 1.08 bits per heavy atom. The van der Waals surface area contributed by atoms with Crippen molar-refractivity contribution >= 4 is 22.6 Å². The van der Waals surface area contributed by atoms with Gasteiger partial charge in [-0.1, -0.05) is 50.3 Å². The van der Waals surface area contributed by atoms with Gasteiger partial charge in [0.15, 0.2) is 5.69 Å². The first-order valence-electron chi connectivity index (χ1n) is 9.09. The molecule has 0 bridgehead atoms. The van der Waals surface area contributed by atoms with Crippen LogP contribution in [0, 0.1) is 0 Å². The van der Waals surface area contributed by atoms with Gasteiger partial charge in [0.25, 0.3) is 5.56 Å². The van der Waals surface area contributed by atoms with Gasteiger partial charge in [-0.3, -0.25) is 9.59 Å². The minimum atomic E-state index is -1.23. The molecule has 1 aliphatic rings. The Labute approximate surface area is 151 Å². The highest BCUT2D eigenvalue weighted by atomic mass is 16.4. The van der Waals surface area contributed by atoms with Crippen molar-refractivity contribution in [2.75, 3.05) is 0 Å². The summed E-state index contributed by atoms with van der Waals surface area (Å²) in [4.78, 5) is 36.4. The Morgan fingerprint density at radius 2 is 1.69 bits per heavy atom. The van der Waals surface area contributed by atoms with E-state index in [1.54, 1.807) is 24.3 Å². The molecule has 0 unspecified atom stereocenters. The average Bonchev–Trinajstić information content (AvgIpc) is 2.59. The molecule has 7 heteroatoms. The number of carbonyl (C=O) groups excluding carboxylic acids is 1. The van der Waals surface area contributed by atoms with Crippen LogP contribution in [-0.4, -0.2) is 32.8 Å². The molecular weight excluding hydrogens is 334 g/mol. The molecule has 26 heavy (non-hydrogen) atoms. The fourth-order valence-corrected chi connectivity index (χ4v) is 3.51. The van der Waals surface area contributed by atoms with Crippen LogP contribution in [0.2, 0.25) is 0 Å². The number of carboxylic acid groups (broad SMARTS) is 1. The molecule has 1 fully saturated rings. The van der Waals surface area contributed by atoms with Gasteiger partial charge in [-0.05, 0) is 18.9 Å². The van der Waals surface area contributed by atoms with Gasteiger partial charge in [0, 0.05) is 11.4 Å². The summed E-state index contributed by atoms with van der Waals surface area (Å²) >= 11 is 0. The zero-order chi connectivity index (χ0) is 18.5. The number of fused-ring (bicyclic) bond motifs is 1. The summed E-state index contributed by atoms with van der Waals surface area (Å²) in [5.41, 5.74) is -0.683. The maximum absolute atomic E-state index is 12.6. The lowest BCUT2D eigenvalue weighted by molar-refractivity contribution is -0.122. The first kappa shape index (κ1) is 18.1. The number of benzene rings is 1. The molecule has 2 N–H and O–H groups in total. The Bertz CT molecular complexity index is 867. The van der Waals surface area contributed by atoms with Crippen LogP contribution < -0.4 is 10.9 Å². The maximum atomic E-state index is 12.6. The fourth-order valence-electron chi connectivity index (χ4n) is 3.51. The van der Waals surface area contributed by atoms with E-state index in [-0.39, 0.29) is 35.0 Å². The summed E-state index contributed by atoms with van der Waals surface area (Å²) in [6.07, 6.45) is 7.65. The van der Waals surface area contributed by atoms with Crippen molar-refractivity contribution in [3.05, 3.63) is 40.3 Å². The molecule has 2 aromatic rings. The molecule has 3 rings (SSSR count). The van der Waals surface area contributed by atoms with Gasteiger partial charge >= 0.3 is 5.97 Å². The van der Waals surface area contributed by atoms with Crippen molar-refractivity contribution in [2.45, 2.75) is 57.5 Å². The predicted octanol–water partition coefficient (Wildman–Crippen LogP) is 2.32. The molecule has 1 saturated carbocycles. The molecular formula is C19H23N3O4. The van der Waals surface area contributed by atoms with E-state index >= 15 is 0 Å². The summed E-state index contributed by atoms with van der Waals surface area (Å²) in [6, 6.07) is 6.52. The summed E-state index contributed by atoms with van der Waals surface area (Å²) in [5.74, 6) is -1.54. The largest absolute Gasteiger partial charge is 0.476 e. The van der Waals surface area contributed by atoms with E-state index in [1.165, 1.54) is 19.3 Å². The monoisotopic (exact) mass is 357 g/mol. The number of hydrogen-bond acceptors (Lipinski definition) is 4. The Balaban J connectivity index is 1.81. The molecule has 0 atom stereocenters. The molecule has 1 amide bonds. The van der Waals surface area contributed by atoms with Gasteiger partial charge in [-0.25, -0.2) is 9.48 Å². The van der Waals surface area contributed by atoms with Crippen LogP contribution in [0.3, 0.4) is 0 Å². The second kappa shape index (κ2) is 8.12. The van der Waals surface area contributed by atoms with Gasteiger partial charge < -0.3 is 10.4 Å². The quantitative estimate of drug-likeness (QED) is 0.874. The second-order valence-corrected chi connectivity index (χ2v) is 6.77. The maximum Gasteiger partial charge on any atom is 0.357 e. The molecule has 0 radical (unpaired) electrons. The molecule has 0 aliphatic heterocycles. The van der Waals surface area contributed by atoms with Crippen LogP contribution >= 0.6 is 0 Å². The van der Waals surface area contributed by atoms with Crippen LogP contribution in [0.1, 0.15) is 55.4 Å². The third-order valence-corrected chi connectivity index (χ3v) is 4.83. The Morgan fingerprint density at radius 3 is 2.35 bits per heavy atom. The Kier molecular flexibility index (Phi) is 5.65. The summed E-state index contributed by atoms with van der Waals surface area (Å²) in [7, 11) is 0. The smallest absolute Gasteiger partial charge is 0.357 e.